The first-order valence-electron chi connectivity index (χ1n) is 2.58. The Hall–Kier alpha value is -0.790. The summed E-state index contributed by atoms with van der Waals surface area (Å²) in [5.74, 6) is 0. The Morgan fingerprint density at radius 1 is 1.88 bits per heavy atom. The maximum atomic E-state index is 4.65. The van der Waals surface area contributed by atoms with Crippen LogP contribution in [0.25, 0.3) is 0 Å². The normalized spacial score (nSPS) is 9.75. The number of rotatable bonds is 3. The van der Waals surface area contributed by atoms with E-state index in [-0.39, 0.29) is 0 Å². The third kappa shape index (κ3) is 5.21. The molecule has 0 saturated carbocycles. The molecule has 0 amide bonds. The molecule has 0 fully saturated rings. The first-order chi connectivity index (χ1) is 3.77. The quantitative estimate of drug-likeness (QED) is 0.402. The summed E-state index contributed by atoms with van der Waals surface area (Å²) < 4.78 is 0. The summed E-state index contributed by atoms with van der Waals surface area (Å²) >= 11 is 0. The van der Waals surface area contributed by atoms with E-state index >= 15 is 0 Å². The van der Waals surface area contributed by atoms with Gasteiger partial charge in [0.15, 0.2) is 0 Å². The van der Waals surface area contributed by atoms with Crippen LogP contribution in [0.1, 0.15) is 13.8 Å². The zero-order valence-electron chi connectivity index (χ0n) is 5.35. The Labute approximate surface area is 49.8 Å². The van der Waals surface area contributed by atoms with Gasteiger partial charge in [0.05, 0.1) is 6.21 Å². The van der Waals surface area contributed by atoms with Crippen molar-refractivity contribution in [2.24, 2.45) is 5.16 Å². The molecule has 0 radical (unpaired) electrons. The predicted molar refractivity (Wildman–Crippen MR) is 34.9 cm³/mol. The number of hydrogen-bond donors (Lipinski definition) is 0. The summed E-state index contributed by atoms with van der Waals surface area (Å²) in [5.41, 5.74) is 0.901. The molecule has 0 unspecified atom stereocenters. The smallest absolute Gasteiger partial charge is 0.114 e. The molecule has 0 rings (SSSR count). The van der Waals surface area contributed by atoms with Crippen molar-refractivity contribution in [2.75, 3.05) is 6.61 Å². The number of allylic oxidation sites excluding steroid dienone is 1. The second kappa shape index (κ2) is 4.37. The van der Waals surface area contributed by atoms with Gasteiger partial charge in [-0.3, -0.25) is 0 Å². The lowest BCUT2D eigenvalue weighted by molar-refractivity contribution is 0.160. The van der Waals surface area contributed by atoms with Gasteiger partial charge in [-0.1, -0.05) is 11.7 Å². The molecule has 0 aromatic rings. The fraction of sp³-hybridized carbons (Fsp3) is 0.500. The van der Waals surface area contributed by atoms with Crippen molar-refractivity contribution in [1.29, 1.82) is 0 Å². The van der Waals surface area contributed by atoms with Gasteiger partial charge in [0.1, 0.15) is 6.61 Å². The summed E-state index contributed by atoms with van der Waals surface area (Å²) in [6.07, 6.45) is 1.59. The van der Waals surface area contributed by atoms with Gasteiger partial charge in [-0.25, -0.2) is 0 Å². The molecule has 0 aliphatic carbocycles. The van der Waals surface area contributed by atoms with Crippen molar-refractivity contribution in [3.8, 4) is 0 Å². The summed E-state index contributed by atoms with van der Waals surface area (Å²) in [5, 5.41) is 3.56. The highest BCUT2D eigenvalue weighted by atomic mass is 16.6. The molecule has 0 atom stereocenters. The van der Waals surface area contributed by atoms with Crippen molar-refractivity contribution in [1.82, 2.24) is 0 Å². The zero-order valence-corrected chi connectivity index (χ0v) is 5.35. The van der Waals surface area contributed by atoms with Crippen LogP contribution in [0.3, 0.4) is 0 Å². The average Bonchev–Trinajstić information content (AvgIpc) is 1.66. The van der Waals surface area contributed by atoms with E-state index in [9.17, 15) is 0 Å². The van der Waals surface area contributed by atoms with Gasteiger partial charge in [0, 0.05) is 0 Å². The predicted octanol–water partition coefficient (Wildman–Crippen LogP) is 1.58. The molecule has 0 aliphatic heterocycles. The Morgan fingerprint density at radius 2 is 2.50 bits per heavy atom. The molecule has 0 spiro atoms. The van der Waals surface area contributed by atoms with E-state index in [1.54, 1.807) is 6.21 Å². The van der Waals surface area contributed by atoms with E-state index in [0.717, 1.165) is 5.57 Å². The Balaban J connectivity index is 3.20. The minimum absolute atomic E-state index is 0.615. The number of nitrogens with zero attached hydrogens (tertiary/aromatic N) is 1. The summed E-state index contributed by atoms with van der Waals surface area (Å²) in [6, 6.07) is 0. The van der Waals surface area contributed by atoms with Crippen LogP contribution in [0.5, 0.6) is 0 Å². The van der Waals surface area contributed by atoms with Crippen LogP contribution in [-0.2, 0) is 4.84 Å². The third-order valence-corrected chi connectivity index (χ3v) is 0.477. The maximum Gasteiger partial charge on any atom is 0.114 e. The Bertz CT molecular complexity index is 96.7. The molecule has 0 bridgehead atoms. The summed E-state index contributed by atoms with van der Waals surface area (Å²) in [4.78, 5) is 4.65. The van der Waals surface area contributed by atoms with Gasteiger partial charge in [-0.05, 0) is 19.4 Å². The second-order valence-electron chi connectivity index (χ2n) is 1.50. The first kappa shape index (κ1) is 7.21. The molecule has 0 N–H and O–H groups in total. The molecule has 0 saturated heterocycles. The SMILES string of the molecule is C=C(C)/C=N\OCC. The third-order valence-electron chi connectivity index (χ3n) is 0.477. The fourth-order valence-corrected chi connectivity index (χ4v) is 0.202. The van der Waals surface area contributed by atoms with Crippen molar-refractivity contribution in [3.05, 3.63) is 12.2 Å². The molecule has 0 heterocycles. The van der Waals surface area contributed by atoms with E-state index in [2.05, 4.69) is 16.6 Å². The highest BCUT2D eigenvalue weighted by Crippen LogP contribution is 1.80. The fourth-order valence-electron chi connectivity index (χ4n) is 0.202. The second-order valence-corrected chi connectivity index (χ2v) is 1.50. The van der Waals surface area contributed by atoms with Gasteiger partial charge in [0.2, 0.25) is 0 Å². The van der Waals surface area contributed by atoms with Crippen LogP contribution in [0, 0.1) is 0 Å². The first-order valence-corrected chi connectivity index (χ1v) is 2.58. The molecule has 2 nitrogen and oxygen atoms in total. The van der Waals surface area contributed by atoms with Gasteiger partial charge >= 0.3 is 0 Å². The monoisotopic (exact) mass is 113 g/mol. The highest BCUT2D eigenvalue weighted by molar-refractivity contribution is 5.75. The van der Waals surface area contributed by atoms with E-state index in [1.165, 1.54) is 0 Å². The van der Waals surface area contributed by atoms with Gasteiger partial charge in [-0.15, -0.1) is 0 Å². The van der Waals surface area contributed by atoms with Gasteiger partial charge in [-0.2, -0.15) is 0 Å². The molecular weight excluding hydrogens is 102 g/mol. The maximum absolute atomic E-state index is 4.65. The Morgan fingerprint density at radius 3 is 2.88 bits per heavy atom. The van der Waals surface area contributed by atoms with Crippen LogP contribution in [0.2, 0.25) is 0 Å². The lowest BCUT2D eigenvalue weighted by Crippen LogP contribution is -1.80. The van der Waals surface area contributed by atoms with Crippen LogP contribution >= 0.6 is 0 Å². The van der Waals surface area contributed by atoms with E-state index in [0.29, 0.717) is 6.61 Å². The number of oxime groups is 1. The van der Waals surface area contributed by atoms with Crippen molar-refractivity contribution in [2.45, 2.75) is 13.8 Å². The largest absolute Gasteiger partial charge is 0.396 e. The van der Waals surface area contributed by atoms with Crippen LogP contribution in [0.15, 0.2) is 17.3 Å². The minimum atomic E-state index is 0.615. The van der Waals surface area contributed by atoms with E-state index in [1.807, 2.05) is 13.8 Å². The molecule has 8 heavy (non-hydrogen) atoms. The van der Waals surface area contributed by atoms with Crippen molar-refractivity contribution >= 4 is 6.21 Å². The topological polar surface area (TPSA) is 21.6 Å². The van der Waals surface area contributed by atoms with Crippen LogP contribution in [-0.4, -0.2) is 12.8 Å². The molecule has 2 heteroatoms. The van der Waals surface area contributed by atoms with Crippen molar-refractivity contribution in [3.63, 3.8) is 0 Å². The Kier molecular flexibility index (Phi) is 3.94. The summed E-state index contributed by atoms with van der Waals surface area (Å²) in [7, 11) is 0. The van der Waals surface area contributed by atoms with Crippen LogP contribution in [0.4, 0.5) is 0 Å². The van der Waals surface area contributed by atoms with E-state index in [4.69, 9.17) is 0 Å². The van der Waals surface area contributed by atoms with Gasteiger partial charge in [0.25, 0.3) is 0 Å². The zero-order chi connectivity index (χ0) is 6.41. The molecule has 0 aromatic heterocycles. The highest BCUT2D eigenvalue weighted by Gasteiger charge is 1.72. The van der Waals surface area contributed by atoms with Gasteiger partial charge < -0.3 is 4.84 Å². The standard InChI is InChI=1S/C6H11NO/c1-4-8-7-5-6(2)3/h5H,2,4H2,1,3H3/b7-5-. The average molecular weight is 113 g/mol. The molecule has 0 aliphatic rings. The summed E-state index contributed by atoms with van der Waals surface area (Å²) in [6.45, 7) is 7.96. The lowest BCUT2D eigenvalue weighted by Gasteiger charge is -1.88. The molecule has 46 valence electrons. The number of hydrogen-bond acceptors (Lipinski definition) is 2. The molecular formula is C6H11NO. The van der Waals surface area contributed by atoms with Crippen LogP contribution < -0.4 is 0 Å². The lowest BCUT2D eigenvalue weighted by atomic mass is 10.4. The molecule has 0 aromatic carbocycles. The van der Waals surface area contributed by atoms with E-state index < -0.39 is 0 Å². The van der Waals surface area contributed by atoms with Crippen molar-refractivity contribution < 1.29 is 4.84 Å². The minimum Gasteiger partial charge on any atom is -0.396 e.